The van der Waals surface area contributed by atoms with Crippen molar-refractivity contribution in [3.63, 3.8) is 0 Å². The van der Waals surface area contributed by atoms with Gasteiger partial charge in [-0.2, -0.15) is 0 Å². The van der Waals surface area contributed by atoms with Gasteiger partial charge in [-0.05, 0) is 26.3 Å². The van der Waals surface area contributed by atoms with Gasteiger partial charge in [0.05, 0.1) is 0 Å². The summed E-state index contributed by atoms with van der Waals surface area (Å²) in [5, 5.41) is 3.32. The maximum atomic E-state index is 4.67. The summed E-state index contributed by atoms with van der Waals surface area (Å²) in [6.07, 6.45) is 7.19. The lowest BCUT2D eigenvalue weighted by atomic mass is 10.2. The molecule has 4 heteroatoms. The molecule has 1 fully saturated rings. The van der Waals surface area contributed by atoms with Crippen LogP contribution in [0.1, 0.15) is 43.9 Å². The van der Waals surface area contributed by atoms with E-state index in [9.17, 15) is 0 Å². The van der Waals surface area contributed by atoms with Crippen molar-refractivity contribution in [1.82, 2.24) is 15.3 Å². The summed E-state index contributed by atoms with van der Waals surface area (Å²) in [6, 6.07) is 0. The molecule has 1 aliphatic heterocycles. The lowest BCUT2D eigenvalue weighted by Crippen LogP contribution is -2.26. The quantitative estimate of drug-likeness (QED) is 0.887. The van der Waals surface area contributed by atoms with E-state index in [2.05, 4.69) is 34.0 Å². The Hall–Kier alpha value is -1.16. The zero-order valence-corrected chi connectivity index (χ0v) is 11.6. The Labute approximate surface area is 110 Å². The minimum atomic E-state index is 0.864. The van der Waals surface area contributed by atoms with Crippen molar-refractivity contribution in [2.45, 2.75) is 46.1 Å². The molecule has 1 aliphatic rings. The molecule has 0 atom stereocenters. The predicted octanol–water partition coefficient (Wildman–Crippen LogP) is 2.27. The normalized spacial score (nSPS) is 16.7. The Morgan fingerprint density at radius 2 is 1.94 bits per heavy atom. The number of nitrogens with zero attached hydrogens (tertiary/aromatic N) is 3. The molecular formula is C14H24N4. The second-order valence-corrected chi connectivity index (χ2v) is 4.96. The van der Waals surface area contributed by atoms with Gasteiger partial charge in [0.25, 0.3) is 0 Å². The second-order valence-electron chi connectivity index (χ2n) is 4.96. The van der Waals surface area contributed by atoms with Gasteiger partial charge in [-0.25, -0.2) is 9.97 Å². The third-order valence-corrected chi connectivity index (χ3v) is 3.52. The van der Waals surface area contributed by atoms with Crippen LogP contribution in [0.4, 0.5) is 5.95 Å². The molecule has 0 spiro atoms. The summed E-state index contributed by atoms with van der Waals surface area (Å²) in [4.78, 5) is 11.5. The van der Waals surface area contributed by atoms with Crippen molar-refractivity contribution in [2.75, 3.05) is 24.5 Å². The van der Waals surface area contributed by atoms with E-state index in [1.54, 1.807) is 0 Å². The summed E-state index contributed by atoms with van der Waals surface area (Å²) in [5.41, 5.74) is 2.31. The molecule has 0 radical (unpaired) electrons. The Morgan fingerprint density at radius 3 is 2.56 bits per heavy atom. The summed E-state index contributed by atoms with van der Waals surface area (Å²) < 4.78 is 0. The zero-order valence-electron chi connectivity index (χ0n) is 11.6. The van der Waals surface area contributed by atoms with Gasteiger partial charge >= 0.3 is 0 Å². The van der Waals surface area contributed by atoms with E-state index < -0.39 is 0 Å². The van der Waals surface area contributed by atoms with Crippen LogP contribution >= 0.6 is 0 Å². The van der Waals surface area contributed by atoms with Crippen LogP contribution in [-0.4, -0.2) is 29.6 Å². The van der Waals surface area contributed by atoms with E-state index in [0.29, 0.717) is 0 Å². The lowest BCUT2D eigenvalue weighted by molar-refractivity contribution is 0.709. The van der Waals surface area contributed by atoms with Crippen LogP contribution in [0.15, 0.2) is 6.20 Å². The van der Waals surface area contributed by atoms with Crippen LogP contribution in [-0.2, 0) is 6.54 Å². The SMILES string of the molecule is CCNCc1cnc(N2CCCCCC2)nc1C. The van der Waals surface area contributed by atoms with Crippen LogP contribution in [0.25, 0.3) is 0 Å². The van der Waals surface area contributed by atoms with E-state index in [0.717, 1.165) is 37.8 Å². The number of aromatic nitrogens is 2. The highest BCUT2D eigenvalue weighted by molar-refractivity contribution is 5.33. The number of hydrogen-bond donors (Lipinski definition) is 1. The lowest BCUT2D eigenvalue weighted by Gasteiger charge is -2.20. The number of anilines is 1. The first-order valence-corrected chi connectivity index (χ1v) is 7.09. The van der Waals surface area contributed by atoms with Crippen LogP contribution < -0.4 is 10.2 Å². The largest absolute Gasteiger partial charge is 0.341 e. The molecule has 0 aliphatic carbocycles. The standard InChI is InChI=1S/C14H24N4/c1-3-15-10-13-11-16-14(17-12(13)2)18-8-6-4-5-7-9-18/h11,15H,3-10H2,1-2H3. The molecule has 1 aromatic heterocycles. The number of nitrogens with one attached hydrogen (secondary N) is 1. The van der Waals surface area contributed by atoms with Gasteiger partial charge in [-0.3, -0.25) is 0 Å². The van der Waals surface area contributed by atoms with E-state index in [-0.39, 0.29) is 0 Å². The van der Waals surface area contributed by atoms with Gasteiger partial charge < -0.3 is 10.2 Å². The molecule has 100 valence electrons. The van der Waals surface area contributed by atoms with Crippen LogP contribution in [0, 0.1) is 6.92 Å². The fourth-order valence-corrected chi connectivity index (χ4v) is 2.34. The van der Waals surface area contributed by atoms with Crippen LogP contribution in [0.2, 0.25) is 0 Å². The molecule has 0 bridgehead atoms. The predicted molar refractivity (Wildman–Crippen MR) is 74.8 cm³/mol. The first kappa shape index (κ1) is 13.3. The van der Waals surface area contributed by atoms with Crippen molar-refractivity contribution in [1.29, 1.82) is 0 Å². The van der Waals surface area contributed by atoms with E-state index in [1.807, 2.05) is 6.20 Å². The van der Waals surface area contributed by atoms with Gasteiger partial charge in [-0.1, -0.05) is 19.8 Å². The summed E-state index contributed by atoms with van der Waals surface area (Å²) >= 11 is 0. The first-order chi connectivity index (χ1) is 8.81. The van der Waals surface area contributed by atoms with Gasteiger partial charge in [0.2, 0.25) is 5.95 Å². The third kappa shape index (κ3) is 3.42. The molecule has 4 nitrogen and oxygen atoms in total. The average Bonchev–Trinajstić information content (AvgIpc) is 2.66. The molecule has 1 aromatic rings. The highest BCUT2D eigenvalue weighted by atomic mass is 15.2. The highest BCUT2D eigenvalue weighted by Gasteiger charge is 2.13. The first-order valence-electron chi connectivity index (χ1n) is 7.09. The maximum Gasteiger partial charge on any atom is 0.225 e. The molecule has 1 saturated heterocycles. The Bertz CT molecular complexity index is 370. The Balaban J connectivity index is 2.06. The zero-order chi connectivity index (χ0) is 12.8. The van der Waals surface area contributed by atoms with Crippen molar-refractivity contribution in [3.05, 3.63) is 17.5 Å². The molecule has 2 rings (SSSR count). The van der Waals surface area contributed by atoms with Crippen molar-refractivity contribution in [2.24, 2.45) is 0 Å². The van der Waals surface area contributed by atoms with Gasteiger partial charge in [0.15, 0.2) is 0 Å². The topological polar surface area (TPSA) is 41.1 Å². The van der Waals surface area contributed by atoms with Crippen molar-refractivity contribution < 1.29 is 0 Å². The second kappa shape index (κ2) is 6.69. The van der Waals surface area contributed by atoms with Crippen LogP contribution in [0.3, 0.4) is 0 Å². The molecule has 1 N–H and O–H groups in total. The third-order valence-electron chi connectivity index (χ3n) is 3.52. The number of rotatable bonds is 4. The number of aryl methyl sites for hydroxylation is 1. The molecule has 2 heterocycles. The smallest absolute Gasteiger partial charge is 0.225 e. The minimum absolute atomic E-state index is 0.864. The molecule has 18 heavy (non-hydrogen) atoms. The van der Waals surface area contributed by atoms with Crippen molar-refractivity contribution in [3.8, 4) is 0 Å². The molecule has 0 unspecified atom stereocenters. The summed E-state index contributed by atoms with van der Waals surface area (Å²) in [5.74, 6) is 0.912. The van der Waals surface area contributed by atoms with Crippen molar-refractivity contribution >= 4 is 5.95 Å². The highest BCUT2D eigenvalue weighted by Crippen LogP contribution is 2.16. The minimum Gasteiger partial charge on any atom is -0.341 e. The van der Waals surface area contributed by atoms with Crippen LogP contribution in [0.5, 0.6) is 0 Å². The van der Waals surface area contributed by atoms with E-state index in [4.69, 9.17) is 0 Å². The molecule has 0 amide bonds. The Kier molecular flexibility index (Phi) is 4.93. The molecule has 0 aromatic carbocycles. The molecule has 0 saturated carbocycles. The average molecular weight is 248 g/mol. The van der Waals surface area contributed by atoms with Gasteiger partial charge in [-0.15, -0.1) is 0 Å². The maximum absolute atomic E-state index is 4.67. The van der Waals surface area contributed by atoms with Gasteiger partial charge in [0, 0.05) is 37.1 Å². The monoisotopic (exact) mass is 248 g/mol. The van der Waals surface area contributed by atoms with E-state index in [1.165, 1.54) is 31.2 Å². The number of hydrogen-bond acceptors (Lipinski definition) is 4. The fraction of sp³-hybridized carbons (Fsp3) is 0.714. The summed E-state index contributed by atoms with van der Waals surface area (Å²) in [6.45, 7) is 8.24. The van der Waals surface area contributed by atoms with E-state index >= 15 is 0 Å². The Morgan fingerprint density at radius 1 is 1.22 bits per heavy atom. The molecular weight excluding hydrogens is 224 g/mol. The van der Waals surface area contributed by atoms with Gasteiger partial charge in [0.1, 0.15) is 0 Å². The fourth-order valence-electron chi connectivity index (χ4n) is 2.34. The summed E-state index contributed by atoms with van der Waals surface area (Å²) in [7, 11) is 0.